The zero-order valence-electron chi connectivity index (χ0n) is 9.50. The number of aromatic amines is 1. The summed E-state index contributed by atoms with van der Waals surface area (Å²) in [6.07, 6.45) is 3.91. The average Bonchev–Trinajstić information content (AvgIpc) is 2.98. The Labute approximate surface area is 103 Å². The number of nitrogens with two attached hydrogens (primary N) is 1. The van der Waals surface area contributed by atoms with Gasteiger partial charge < -0.3 is 15.2 Å². The van der Waals surface area contributed by atoms with Crippen molar-refractivity contribution in [2.24, 2.45) is 0 Å². The van der Waals surface area contributed by atoms with Crippen molar-refractivity contribution in [2.75, 3.05) is 5.73 Å². The second-order valence-corrected chi connectivity index (χ2v) is 3.87. The summed E-state index contributed by atoms with van der Waals surface area (Å²) in [6, 6.07) is 7.59. The molecule has 90 valence electrons. The van der Waals surface area contributed by atoms with Crippen molar-refractivity contribution < 1.29 is 4.52 Å². The van der Waals surface area contributed by atoms with Gasteiger partial charge in [-0.1, -0.05) is 17.3 Å². The molecule has 0 aliphatic rings. The third kappa shape index (κ3) is 2.08. The number of hydrogen-bond acceptors (Lipinski definition) is 5. The van der Waals surface area contributed by atoms with E-state index in [-0.39, 0.29) is 0 Å². The SMILES string of the molecule is Nc1cccc(Cc2nc(-c3ncc[nH]3)no2)c1. The molecular formula is C12H11N5O. The maximum Gasteiger partial charge on any atom is 0.238 e. The number of hydrogen-bond donors (Lipinski definition) is 2. The van der Waals surface area contributed by atoms with Gasteiger partial charge in [-0.25, -0.2) is 4.98 Å². The smallest absolute Gasteiger partial charge is 0.238 e. The predicted octanol–water partition coefficient (Wildman–Crippen LogP) is 1.63. The monoisotopic (exact) mass is 241 g/mol. The van der Waals surface area contributed by atoms with Crippen LogP contribution in [0.5, 0.6) is 0 Å². The molecule has 18 heavy (non-hydrogen) atoms. The molecule has 0 saturated heterocycles. The summed E-state index contributed by atoms with van der Waals surface area (Å²) in [5, 5.41) is 3.87. The number of rotatable bonds is 3. The Hall–Kier alpha value is -2.63. The van der Waals surface area contributed by atoms with Crippen molar-refractivity contribution in [3.8, 4) is 11.6 Å². The van der Waals surface area contributed by atoms with Crippen LogP contribution in [0.3, 0.4) is 0 Å². The summed E-state index contributed by atoms with van der Waals surface area (Å²) in [7, 11) is 0. The van der Waals surface area contributed by atoms with E-state index in [2.05, 4.69) is 20.1 Å². The Balaban J connectivity index is 1.82. The van der Waals surface area contributed by atoms with Gasteiger partial charge in [0, 0.05) is 18.1 Å². The van der Waals surface area contributed by atoms with E-state index in [0.29, 0.717) is 24.0 Å². The highest BCUT2D eigenvalue weighted by Crippen LogP contribution is 2.14. The molecular weight excluding hydrogens is 230 g/mol. The molecule has 0 aliphatic carbocycles. The molecule has 0 saturated carbocycles. The molecule has 0 bridgehead atoms. The van der Waals surface area contributed by atoms with Gasteiger partial charge in [0.25, 0.3) is 0 Å². The number of nitrogens with zero attached hydrogens (tertiary/aromatic N) is 3. The molecule has 3 aromatic rings. The highest BCUT2D eigenvalue weighted by Gasteiger charge is 2.10. The molecule has 3 rings (SSSR count). The second kappa shape index (κ2) is 4.33. The normalized spacial score (nSPS) is 10.7. The molecule has 0 spiro atoms. The summed E-state index contributed by atoms with van der Waals surface area (Å²) in [6.45, 7) is 0. The fourth-order valence-corrected chi connectivity index (χ4v) is 1.69. The molecule has 6 heteroatoms. The highest BCUT2D eigenvalue weighted by molar-refractivity contribution is 5.43. The van der Waals surface area contributed by atoms with E-state index in [0.717, 1.165) is 11.3 Å². The van der Waals surface area contributed by atoms with Crippen molar-refractivity contribution in [3.05, 3.63) is 48.1 Å². The Morgan fingerprint density at radius 2 is 2.28 bits per heavy atom. The molecule has 0 radical (unpaired) electrons. The maximum absolute atomic E-state index is 5.71. The van der Waals surface area contributed by atoms with Gasteiger partial charge in [0.2, 0.25) is 11.7 Å². The van der Waals surface area contributed by atoms with Crippen LogP contribution in [-0.2, 0) is 6.42 Å². The van der Waals surface area contributed by atoms with E-state index in [1.807, 2.05) is 24.3 Å². The third-order valence-electron chi connectivity index (χ3n) is 2.48. The molecule has 6 nitrogen and oxygen atoms in total. The number of nitrogens with one attached hydrogen (secondary N) is 1. The minimum atomic E-state index is 0.457. The van der Waals surface area contributed by atoms with Gasteiger partial charge in [0.05, 0.1) is 6.42 Å². The van der Waals surface area contributed by atoms with Crippen LogP contribution in [0.15, 0.2) is 41.2 Å². The van der Waals surface area contributed by atoms with Gasteiger partial charge in [0.1, 0.15) is 0 Å². The first-order valence-electron chi connectivity index (χ1n) is 5.48. The molecule has 3 N–H and O–H groups in total. The van der Waals surface area contributed by atoms with Gasteiger partial charge in [-0.3, -0.25) is 0 Å². The Kier molecular flexibility index (Phi) is 2.53. The summed E-state index contributed by atoms with van der Waals surface area (Å²) >= 11 is 0. The zero-order valence-corrected chi connectivity index (χ0v) is 9.50. The van der Waals surface area contributed by atoms with Crippen LogP contribution in [0.25, 0.3) is 11.6 Å². The van der Waals surface area contributed by atoms with Crippen LogP contribution in [0.1, 0.15) is 11.5 Å². The van der Waals surface area contributed by atoms with Gasteiger partial charge in [-0.2, -0.15) is 4.98 Å². The summed E-state index contributed by atoms with van der Waals surface area (Å²) in [5.74, 6) is 1.59. The van der Waals surface area contributed by atoms with Crippen LogP contribution >= 0.6 is 0 Å². The first-order valence-corrected chi connectivity index (χ1v) is 5.48. The van der Waals surface area contributed by atoms with Crippen LogP contribution < -0.4 is 5.73 Å². The lowest BCUT2D eigenvalue weighted by molar-refractivity contribution is 0.385. The van der Waals surface area contributed by atoms with Crippen LogP contribution in [-0.4, -0.2) is 20.1 Å². The lowest BCUT2D eigenvalue weighted by Crippen LogP contribution is -1.91. The van der Waals surface area contributed by atoms with Gasteiger partial charge in [-0.15, -0.1) is 0 Å². The van der Waals surface area contributed by atoms with E-state index in [4.69, 9.17) is 10.3 Å². The molecule has 0 atom stereocenters. The largest absolute Gasteiger partial charge is 0.399 e. The Morgan fingerprint density at radius 1 is 1.33 bits per heavy atom. The van der Waals surface area contributed by atoms with Crippen molar-refractivity contribution in [1.29, 1.82) is 0 Å². The van der Waals surface area contributed by atoms with Crippen molar-refractivity contribution in [3.63, 3.8) is 0 Å². The summed E-state index contributed by atoms with van der Waals surface area (Å²) < 4.78 is 5.17. The zero-order chi connectivity index (χ0) is 12.4. The first kappa shape index (κ1) is 10.5. The van der Waals surface area contributed by atoms with Crippen LogP contribution in [0, 0.1) is 0 Å². The number of nitrogen functional groups attached to an aromatic ring is 1. The van der Waals surface area contributed by atoms with Gasteiger partial charge >= 0.3 is 0 Å². The number of imidazole rings is 1. The highest BCUT2D eigenvalue weighted by atomic mass is 16.5. The minimum Gasteiger partial charge on any atom is -0.399 e. The minimum absolute atomic E-state index is 0.457. The Bertz CT molecular complexity index is 644. The van der Waals surface area contributed by atoms with Gasteiger partial charge in [0.15, 0.2) is 5.82 Å². The molecule has 0 aliphatic heterocycles. The standard InChI is InChI=1S/C12H11N5O/c13-9-3-1-2-8(6-9)7-10-16-12(17-18-10)11-14-4-5-15-11/h1-6H,7,13H2,(H,14,15). The van der Waals surface area contributed by atoms with E-state index >= 15 is 0 Å². The predicted molar refractivity (Wildman–Crippen MR) is 65.5 cm³/mol. The fourth-order valence-electron chi connectivity index (χ4n) is 1.69. The lowest BCUT2D eigenvalue weighted by atomic mass is 10.1. The van der Waals surface area contributed by atoms with Crippen molar-refractivity contribution in [2.45, 2.75) is 6.42 Å². The maximum atomic E-state index is 5.71. The lowest BCUT2D eigenvalue weighted by Gasteiger charge is -1.97. The number of aromatic nitrogens is 4. The van der Waals surface area contributed by atoms with Crippen LogP contribution in [0.4, 0.5) is 5.69 Å². The van der Waals surface area contributed by atoms with Crippen molar-refractivity contribution in [1.82, 2.24) is 20.1 Å². The first-order chi connectivity index (χ1) is 8.81. The molecule has 0 unspecified atom stereocenters. The Morgan fingerprint density at radius 3 is 3.06 bits per heavy atom. The van der Waals surface area contributed by atoms with E-state index < -0.39 is 0 Å². The van der Waals surface area contributed by atoms with Gasteiger partial charge in [-0.05, 0) is 17.7 Å². The van der Waals surface area contributed by atoms with E-state index in [9.17, 15) is 0 Å². The number of H-pyrrole nitrogens is 1. The summed E-state index contributed by atoms with van der Waals surface area (Å²) in [4.78, 5) is 11.2. The van der Waals surface area contributed by atoms with E-state index in [1.54, 1.807) is 12.4 Å². The molecule has 2 aromatic heterocycles. The molecule has 1 aromatic carbocycles. The number of benzene rings is 1. The second-order valence-electron chi connectivity index (χ2n) is 3.87. The molecule has 0 fully saturated rings. The van der Waals surface area contributed by atoms with E-state index in [1.165, 1.54) is 0 Å². The topological polar surface area (TPSA) is 93.6 Å². The average molecular weight is 241 g/mol. The fraction of sp³-hybridized carbons (Fsp3) is 0.0833. The van der Waals surface area contributed by atoms with Crippen LogP contribution in [0.2, 0.25) is 0 Å². The number of anilines is 1. The summed E-state index contributed by atoms with van der Waals surface area (Å²) in [5.41, 5.74) is 7.47. The van der Waals surface area contributed by atoms with Crippen molar-refractivity contribution >= 4 is 5.69 Å². The quantitative estimate of drug-likeness (QED) is 0.680. The third-order valence-corrected chi connectivity index (χ3v) is 2.48. The molecule has 0 amide bonds. The molecule has 2 heterocycles.